The first kappa shape index (κ1) is 17.7. The van der Waals surface area contributed by atoms with E-state index in [9.17, 15) is 4.79 Å². The summed E-state index contributed by atoms with van der Waals surface area (Å²) < 4.78 is 0. The second-order valence-corrected chi connectivity index (χ2v) is 7.55. The fraction of sp³-hybridized carbons (Fsp3) is 0.364. The van der Waals surface area contributed by atoms with Crippen LogP contribution in [0.5, 0.6) is 0 Å². The second-order valence-electron chi connectivity index (χ2n) is 7.55. The second kappa shape index (κ2) is 7.53. The van der Waals surface area contributed by atoms with E-state index in [2.05, 4.69) is 62.9 Å². The summed E-state index contributed by atoms with van der Waals surface area (Å²) in [5, 5.41) is 13.3. The van der Waals surface area contributed by atoms with Gasteiger partial charge in [-0.15, -0.1) is 0 Å². The summed E-state index contributed by atoms with van der Waals surface area (Å²) in [6, 6.07) is 15.0. The molecular weight excluding hydrogens is 336 g/mol. The molecule has 0 bridgehead atoms. The van der Waals surface area contributed by atoms with Crippen molar-refractivity contribution in [3.05, 3.63) is 53.7 Å². The molecule has 5 heteroatoms. The average molecular weight is 362 g/mol. The lowest BCUT2D eigenvalue weighted by Gasteiger charge is -2.27. The van der Waals surface area contributed by atoms with E-state index in [-0.39, 0.29) is 11.9 Å². The Balaban J connectivity index is 1.56. The predicted molar refractivity (Wildman–Crippen MR) is 108 cm³/mol. The Morgan fingerprint density at radius 2 is 2.04 bits per heavy atom. The lowest BCUT2D eigenvalue weighted by Crippen LogP contribution is -2.36. The molecule has 0 fully saturated rings. The van der Waals surface area contributed by atoms with Crippen molar-refractivity contribution in [1.82, 2.24) is 20.4 Å². The van der Waals surface area contributed by atoms with Crippen molar-refractivity contribution in [2.24, 2.45) is 0 Å². The third kappa shape index (κ3) is 3.74. The van der Waals surface area contributed by atoms with E-state index in [0.29, 0.717) is 6.42 Å². The van der Waals surface area contributed by atoms with Gasteiger partial charge in [-0.05, 0) is 24.6 Å². The van der Waals surface area contributed by atoms with Gasteiger partial charge >= 0.3 is 0 Å². The van der Waals surface area contributed by atoms with E-state index in [4.69, 9.17) is 0 Å². The molecular formula is C22H26N4O. The van der Waals surface area contributed by atoms with Crippen molar-refractivity contribution < 1.29 is 4.79 Å². The van der Waals surface area contributed by atoms with Crippen molar-refractivity contribution >= 4 is 16.7 Å². The quantitative estimate of drug-likeness (QED) is 0.730. The maximum Gasteiger partial charge on any atom is 0.221 e. The maximum absolute atomic E-state index is 12.0. The van der Waals surface area contributed by atoms with Gasteiger partial charge < -0.3 is 5.32 Å². The summed E-state index contributed by atoms with van der Waals surface area (Å²) >= 11 is 0. The van der Waals surface area contributed by atoms with Crippen LogP contribution in [0.3, 0.4) is 0 Å². The number of carbonyl (C=O) groups excluding carboxylic acids is 1. The molecule has 0 saturated carbocycles. The van der Waals surface area contributed by atoms with Gasteiger partial charge in [-0.1, -0.05) is 42.5 Å². The summed E-state index contributed by atoms with van der Waals surface area (Å²) in [5.41, 5.74) is 4.70. The highest BCUT2D eigenvalue weighted by Gasteiger charge is 2.23. The first-order valence-electron chi connectivity index (χ1n) is 9.68. The number of rotatable bonds is 5. The van der Waals surface area contributed by atoms with Crippen LogP contribution in [0.25, 0.3) is 22.0 Å². The average Bonchev–Trinajstić information content (AvgIpc) is 3.08. The molecule has 2 heterocycles. The lowest BCUT2D eigenvalue weighted by atomic mass is 9.97. The number of aromatic nitrogens is 2. The molecule has 140 valence electrons. The Morgan fingerprint density at radius 3 is 2.89 bits per heavy atom. The van der Waals surface area contributed by atoms with E-state index in [0.717, 1.165) is 31.7 Å². The molecule has 0 radical (unpaired) electrons. The number of nitrogens with one attached hydrogen (secondary N) is 2. The van der Waals surface area contributed by atoms with Gasteiger partial charge in [0.1, 0.15) is 0 Å². The molecule has 1 aromatic heterocycles. The van der Waals surface area contributed by atoms with Gasteiger partial charge in [0.05, 0.1) is 5.69 Å². The number of benzene rings is 2. The van der Waals surface area contributed by atoms with Gasteiger partial charge in [0.2, 0.25) is 5.91 Å². The van der Waals surface area contributed by atoms with Gasteiger partial charge in [0, 0.05) is 55.3 Å². The number of amides is 1. The summed E-state index contributed by atoms with van der Waals surface area (Å²) in [5.74, 6) is 0.122. The Labute approximate surface area is 159 Å². The van der Waals surface area contributed by atoms with Crippen LogP contribution in [-0.4, -0.2) is 40.1 Å². The fourth-order valence-corrected chi connectivity index (χ4v) is 3.85. The summed E-state index contributed by atoms with van der Waals surface area (Å²) in [6.07, 6.45) is 1.48. The molecule has 0 spiro atoms. The Morgan fingerprint density at radius 1 is 1.22 bits per heavy atom. The molecule has 5 nitrogen and oxygen atoms in total. The normalized spacial score (nSPS) is 14.5. The molecule has 0 aliphatic carbocycles. The van der Waals surface area contributed by atoms with Gasteiger partial charge in [0.15, 0.2) is 0 Å². The standard InChI is InChI=1S/C22H26N4O/c1-15(2)23-21(27)11-13-26-12-10-20-19(14-26)22(25-24-20)18-9-5-7-16-6-3-4-8-17(16)18/h3-9,15H,10-14H2,1-2H3,(H,23,27)(H,24,25). The maximum atomic E-state index is 12.0. The molecule has 2 aromatic carbocycles. The Kier molecular flexibility index (Phi) is 4.94. The number of hydrogen-bond donors (Lipinski definition) is 2. The smallest absolute Gasteiger partial charge is 0.221 e. The minimum Gasteiger partial charge on any atom is -0.354 e. The van der Waals surface area contributed by atoms with E-state index in [1.807, 2.05) is 13.8 Å². The largest absolute Gasteiger partial charge is 0.354 e. The molecule has 3 aromatic rings. The summed E-state index contributed by atoms with van der Waals surface area (Å²) in [4.78, 5) is 14.3. The van der Waals surface area contributed by atoms with Crippen LogP contribution in [0, 0.1) is 0 Å². The predicted octanol–water partition coefficient (Wildman–Crippen LogP) is 3.50. The Bertz CT molecular complexity index is 955. The molecule has 1 aliphatic heterocycles. The summed E-state index contributed by atoms with van der Waals surface area (Å²) in [7, 11) is 0. The van der Waals surface area contributed by atoms with E-state index in [1.54, 1.807) is 0 Å². The van der Waals surface area contributed by atoms with E-state index < -0.39 is 0 Å². The van der Waals surface area contributed by atoms with Crippen molar-refractivity contribution in [2.45, 2.75) is 39.3 Å². The zero-order chi connectivity index (χ0) is 18.8. The number of carbonyl (C=O) groups is 1. The molecule has 2 N–H and O–H groups in total. The summed E-state index contributed by atoms with van der Waals surface area (Å²) in [6.45, 7) is 6.55. The molecule has 0 saturated heterocycles. The number of hydrogen-bond acceptors (Lipinski definition) is 3. The molecule has 1 amide bonds. The highest BCUT2D eigenvalue weighted by atomic mass is 16.1. The Hall–Kier alpha value is -2.66. The monoisotopic (exact) mass is 362 g/mol. The zero-order valence-electron chi connectivity index (χ0n) is 16.0. The van der Waals surface area contributed by atoms with Gasteiger partial charge in [0.25, 0.3) is 0 Å². The van der Waals surface area contributed by atoms with Crippen LogP contribution in [0.4, 0.5) is 0 Å². The SMILES string of the molecule is CC(C)NC(=O)CCN1CCc2[nH]nc(-c3cccc4ccccc34)c2C1. The number of H-pyrrole nitrogens is 1. The first-order chi connectivity index (χ1) is 13.1. The van der Waals surface area contributed by atoms with Crippen LogP contribution in [0.15, 0.2) is 42.5 Å². The lowest BCUT2D eigenvalue weighted by molar-refractivity contribution is -0.121. The van der Waals surface area contributed by atoms with Crippen molar-refractivity contribution in [1.29, 1.82) is 0 Å². The number of aromatic amines is 1. The van der Waals surface area contributed by atoms with Crippen LogP contribution in [0.1, 0.15) is 31.5 Å². The van der Waals surface area contributed by atoms with Crippen molar-refractivity contribution in [3.8, 4) is 11.3 Å². The van der Waals surface area contributed by atoms with Gasteiger partial charge in [-0.2, -0.15) is 5.10 Å². The molecule has 1 aliphatic rings. The minimum absolute atomic E-state index is 0.122. The van der Waals surface area contributed by atoms with Crippen LogP contribution in [-0.2, 0) is 17.8 Å². The van der Waals surface area contributed by atoms with Gasteiger partial charge in [-0.25, -0.2) is 0 Å². The van der Waals surface area contributed by atoms with Crippen LogP contribution < -0.4 is 5.32 Å². The highest BCUT2D eigenvalue weighted by molar-refractivity contribution is 5.96. The van der Waals surface area contributed by atoms with Crippen molar-refractivity contribution in [3.63, 3.8) is 0 Å². The van der Waals surface area contributed by atoms with E-state index in [1.165, 1.54) is 27.6 Å². The third-order valence-electron chi connectivity index (χ3n) is 5.16. The highest BCUT2D eigenvalue weighted by Crippen LogP contribution is 2.33. The van der Waals surface area contributed by atoms with Crippen LogP contribution in [0.2, 0.25) is 0 Å². The fourth-order valence-electron chi connectivity index (χ4n) is 3.85. The minimum atomic E-state index is 0.122. The zero-order valence-corrected chi connectivity index (χ0v) is 16.0. The van der Waals surface area contributed by atoms with Crippen LogP contribution >= 0.6 is 0 Å². The number of nitrogens with zero attached hydrogens (tertiary/aromatic N) is 2. The third-order valence-corrected chi connectivity index (χ3v) is 5.16. The molecule has 0 atom stereocenters. The molecule has 4 rings (SSSR count). The molecule has 27 heavy (non-hydrogen) atoms. The van der Waals surface area contributed by atoms with Crippen molar-refractivity contribution in [2.75, 3.05) is 13.1 Å². The van der Waals surface area contributed by atoms with Gasteiger partial charge in [-0.3, -0.25) is 14.8 Å². The first-order valence-corrected chi connectivity index (χ1v) is 9.68. The number of fused-ring (bicyclic) bond motifs is 2. The van der Waals surface area contributed by atoms with E-state index >= 15 is 0 Å². The molecule has 0 unspecified atom stereocenters. The topological polar surface area (TPSA) is 61.0 Å².